The summed E-state index contributed by atoms with van der Waals surface area (Å²) in [6, 6.07) is 8.08. The zero-order valence-electron chi connectivity index (χ0n) is 29.5. The van der Waals surface area contributed by atoms with Gasteiger partial charge in [-0.25, -0.2) is 0 Å². The molecule has 0 fully saturated rings. The number of nitrogens with two attached hydrogens (primary N) is 2. The van der Waals surface area contributed by atoms with Crippen LogP contribution >= 0.6 is 0 Å². The smallest absolute Gasteiger partial charge is 0.229 e. The molecule has 13 heteroatoms. The van der Waals surface area contributed by atoms with Crippen molar-refractivity contribution in [1.82, 2.24) is 10.2 Å². The summed E-state index contributed by atoms with van der Waals surface area (Å²) in [6.07, 6.45) is -0.509. The summed E-state index contributed by atoms with van der Waals surface area (Å²) in [5.74, 6) is -4.15. The average Bonchev–Trinajstić information content (AvgIpc) is 3.07. The summed E-state index contributed by atoms with van der Waals surface area (Å²) in [5.41, 5.74) is 13.6. The maximum atomic E-state index is 14.2. The van der Waals surface area contributed by atoms with Crippen LogP contribution in [0.5, 0.6) is 11.5 Å². The molecule has 2 aromatic carbocycles. The highest BCUT2D eigenvalue weighted by atomic mass is 16.5. The highest BCUT2D eigenvalue weighted by molar-refractivity contribution is 5.97. The molecule has 0 spiro atoms. The second-order valence-corrected chi connectivity index (χ2v) is 13.0. The van der Waals surface area contributed by atoms with E-state index in [1.165, 1.54) is 25.8 Å². The molecule has 3 rings (SSSR count). The maximum Gasteiger partial charge on any atom is 0.229 e. The minimum atomic E-state index is -1.23. The molecule has 0 unspecified atom stereocenters. The minimum Gasteiger partial charge on any atom is -0.492 e. The van der Waals surface area contributed by atoms with Crippen molar-refractivity contribution in [3.63, 3.8) is 0 Å². The van der Waals surface area contributed by atoms with Crippen LogP contribution in [-0.4, -0.2) is 91.0 Å². The Labute approximate surface area is 293 Å². The molecule has 6 N–H and O–H groups in total. The van der Waals surface area contributed by atoms with Crippen molar-refractivity contribution in [2.75, 3.05) is 40.0 Å². The van der Waals surface area contributed by atoms with Crippen LogP contribution in [0.1, 0.15) is 64.1 Å². The molecule has 0 saturated heterocycles. The van der Waals surface area contributed by atoms with Gasteiger partial charge in [0.15, 0.2) is 11.6 Å². The number of amides is 2. The SMILES string of the molecule is CC(=O)C[C@@H](CO)C(=O)N(C)[C@@H]1C(=O)C[C@@H](C)C(=O)N[C@H](C(=O)C[C@@H](C)C(C)=O)Cc2ccc(OCCN)c(c2)-c2cc1ccc2OCCN. The molecule has 1 aliphatic heterocycles. The molecular weight excluding hydrogens is 644 g/mol. The van der Waals surface area contributed by atoms with Gasteiger partial charge in [0, 0.05) is 62.4 Å². The third-order valence-corrected chi connectivity index (χ3v) is 8.85. The van der Waals surface area contributed by atoms with E-state index in [4.69, 9.17) is 20.9 Å². The van der Waals surface area contributed by atoms with Gasteiger partial charge in [0.2, 0.25) is 11.8 Å². The third-order valence-electron chi connectivity index (χ3n) is 8.85. The fourth-order valence-electron chi connectivity index (χ4n) is 5.94. The number of benzene rings is 2. The molecule has 0 radical (unpaired) electrons. The van der Waals surface area contributed by atoms with E-state index in [2.05, 4.69) is 5.32 Å². The van der Waals surface area contributed by atoms with Gasteiger partial charge in [-0.1, -0.05) is 26.0 Å². The first-order valence-corrected chi connectivity index (χ1v) is 16.9. The number of carbonyl (C=O) groups is 6. The summed E-state index contributed by atoms with van der Waals surface area (Å²) in [6.45, 7) is 6.11. The molecule has 272 valence electrons. The number of rotatable bonds is 15. The third kappa shape index (κ3) is 10.3. The Bertz CT molecular complexity index is 1580. The highest BCUT2D eigenvalue weighted by Gasteiger charge is 2.36. The monoisotopic (exact) mass is 694 g/mol. The molecule has 0 aromatic heterocycles. The van der Waals surface area contributed by atoms with E-state index in [0.29, 0.717) is 33.8 Å². The number of fused-ring (bicyclic) bond motifs is 5. The number of aliphatic hydroxyl groups excluding tert-OH is 1. The molecule has 2 amide bonds. The van der Waals surface area contributed by atoms with Crippen LogP contribution in [0, 0.1) is 17.8 Å². The van der Waals surface area contributed by atoms with E-state index in [1.807, 2.05) is 0 Å². The number of Topliss-reactive ketones (excluding diaryl/α,β-unsaturated/α-hetero) is 4. The molecule has 13 nitrogen and oxygen atoms in total. The largest absolute Gasteiger partial charge is 0.492 e. The van der Waals surface area contributed by atoms with Crippen molar-refractivity contribution in [2.45, 2.75) is 65.5 Å². The van der Waals surface area contributed by atoms with Gasteiger partial charge in [-0.2, -0.15) is 0 Å². The van der Waals surface area contributed by atoms with Crippen LogP contribution in [0.4, 0.5) is 0 Å². The summed E-state index contributed by atoms with van der Waals surface area (Å²) >= 11 is 0. The molecular formula is C37H50N4O9. The molecule has 1 aliphatic rings. The van der Waals surface area contributed by atoms with Gasteiger partial charge in [-0.3, -0.25) is 24.0 Å². The average molecular weight is 695 g/mol. The Kier molecular flexibility index (Phi) is 14.8. The molecule has 1 heterocycles. The number of hydrogen-bond donors (Lipinski definition) is 4. The van der Waals surface area contributed by atoms with Crippen LogP contribution in [0.3, 0.4) is 0 Å². The predicted molar refractivity (Wildman–Crippen MR) is 186 cm³/mol. The Balaban J connectivity index is 2.31. The predicted octanol–water partition coefficient (Wildman–Crippen LogP) is 1.94. The lowest BCUT2D eigenvalue weighted by atomic mass is 9.88. The second kappa shape index (κ2) is 18.5. The van der Waals surface area contributed by atoms with Gasteiger partial charge >= 0.3 is 0 Å². The lowest BCUT2D eigenvalue weighted by molar-refractivity contribution is -0.144. The minimum absolute atomic E-state index is 0.0848. The standard InChI is InChI=1S/C37H50N4O9/c1-21(24(4)44)14-31(45)30-18-25-6-8-33(49-12-10-38)28(17-25)29-19-26(7-9-34(29)50-13-11-39)35(32(46)15-22(2)36(47)40-30)41(5)37(48)27(20-42)16-23(3)43/h6-9,17,19,21-22,27,30,35,42H,10-16,18,20,38-39H2,1-5H3,(H,40,47)/t21-,22-,27+,30+,35+/m1/s1. The van der Waals surface area contributed by atoms with Crippen molar-refractivity contribution < 1.29 is 43.3 Å². The number of ketones is 4. The normalized spacial score (nSPS) is 19.0. The quantitative estimate of drug-likeness (QED) is 0.212. The first kappa shape index (κ1) is 40.0. The van der Waals surface area contributed by atoms with E-state index in [0.717, 1.165) is 0 Å². The summed E-state index contributed by atoms with van der Waals surface area (Å²) in [7, 11) is 1.42. The van der Waals surface area contributed by atoms with Gasteiger partial charge < -0.3 is 41.1 Å². The van der Waals surface area contributed by atoms with Crippen LogP contribution in [0.25, 0.3) is 11.1 Å². The van der Waals surface area contributed by atoms with Gasteiger partial charge in [0.05, 0.1) is 18.6 Å². The zero-order chi connectivity index (χ0) is 37.1. The fraction of sp³-hybridized carbons (Fsp3) is 0.514. The number of aliphatic hydroxyl groups is 1. The summed E-state index contributed by atoms with van der Waals surface area (Å²) < 4.78 is 12.1. The van der Waals surface area contributed by atoms with Gasteiger partial charge in [0.25, 0.3) is 0 Å². The molecule has 0 saturated carbocycles. The first-order chi connectivity index (χ1) is 23.7. The van der Waals surface area contributed by atoms with Crippen molar-refractivity contribution >= 4 is 34.9 Å². The summed E-state index contributed by atoms with van der Waals surface area (Å²) in [4.78, 5) is 80.2. The molecule has 4 bridgehead atoms. The van der Waals surface area contributed by atoms with E-state index in [1.54, 1.807) is 50.2 Å². The van der Waals surface area contributed by atoms with Crippen molar-refractivity contribution in [3.05, 3.63) is 47.5 Å². The topological polar surface area (TPSA) is 208 Å². The number of likely N-dealkylation sites (N-methyl/N-ethyl adjacent to an activating group) is 1. The van der Waals surface area contributed by atoms with Crippen LogP contribution in [0.2, 0.25) is 0 Å². The van der Waals surface area contributed by atoms with Gasteiger partial charge in [-0.05, 0) is 55.7 Å². The van der Waals surface area contributed by atoms with E-state index in [9.17, 15) is 33.9 Å². The number of nitrogens with one attached hydrogen (secondary N) is 1. The molecule has 2 aromatic rings. The second-order valence-electron chi connectivity index (χ2n) is 13.0. The van der Waals surface area contributed by atoms with Gasteiger partial charge in [-0.15, -0.1) is 0 Å². The summed E-state index contributed by atoms with van der Waals surface area (Å²) in [5, 5.41) is 12.8. The number of nitrogens with zero attached hydrogens (tertiary/aromatic N) is 1. The number of hydrogen-bond acceptors (Lipinski definition) is 11. The first-order valence-electron chi connectivity index (χ1n) is 16.9. The number of carbonyl (C=O) groups excluding carboxylic acids is 6. The Morgan fingerprint density at radius 3 is 2.10 bits per heavy atom. The Hall–Kier alpha value is -4.46. The Morgan fingerprint density at radius 1 is 0.940 bits per heavy atom. The van der Waals surface area contributed by atoms with Crippen molar-refractivity contribution in [3.8, 4) is 22.6 Å². The lowest BCUT2D eigenvalue weighted by Crippen LogP contribution is -2.46. The molecule has 5 atom stereocenters. The number of ether oxygens (including phenoxy) is 2. The van der Waals surface area contributed by atoms with E-state index < -0.39 is 54.0 Å². The van der Waals surface area contributed by atoms with Crippen molar-refractivity contribution in [1.29, 1.82) is 0 Å². The van der Waals surface area contributed by atoms with Crippen LogP contribution < -0.4 is 26.3 Å². The zero-order valence-corrected chi connectivity index (χ0v) is 29.5. The van der Waals surface area contributed by atoms with Crippen LogP contribution in [-0.2, 0) is 35.2 Å². The van der Waals surface area contributed by atoms with Crippen molar-refractivity contribution in [2.24, 2.45) is 29.2 Å². The van der Waals surface area contributed by atoms with Gasteiger partial charge in [0.1, 0.15) is 42.3 Å². The molecule has 50 heavy (non-hydrogen) atoms. The van der Waals surface area contributed by atoms with E-state index in [-0.39, 0.29) is 69.3 Å². The highest BCUT2D eigenvalue weighted by Crippen LogP contribution is 2.40. The maximum absolute atomic E-state index is 14.2. The Morgan fingerprint density at radius 2 is 1.54 bits per heavy atom. The van der Waals surface area contributed by atoms with Crippen LogP contribution in [0.15, 0.2) is 36.4 Å². The molecule has 0 aliphatic carbocycles. The lowest BCUT2D eigenvalue weighted by Gasteiger charge is -2.32. The van der Waals surface area contributed by atoms with E-state index >= 15 is 0 Å². The fourth-order valence-corrected chi connectivity index (χ4v) is 5.94.